The fraction of sp³-hybridized carbons (Fsp3) is 0.500. The number of nitrogens with one attached hydrogen (secondary N) is 4. The summed E-state index contributed by atoms with van der Waals surface area (Å²) in [7, 11) is 0. The smallest absolute Gasteiger partial charge is 0.232 e. The molecule has 3 aliphatic rings. The van der Waals surface area contributed by atoms with Gasteiger partial charge in [-0.2, -0.15) is 9.97 Å². The van der Waals surface area contributed by atoms with Gasteiger partial charge in [-0.15, -0.1) is 0 Å². The van der Waals surface area contributed by atoms with E-state index >= 15 is 0 Å². The van der Waals surface area contributed by atoms with Gasteiger partial charge in [0.25, 0.3) is 0 Å². The van der Waals surface area contributed by atoms with Gasteiger partial charge in [0, 0.05) is 24.7 Å². The second kappa shape index (κ2) is 7.67. The number of rotatable bonds is 6. The van der Waals surface area contributed by atoms with E-state index in [0.29, 0.717) is 18.0 Å². The summed E-state index contributed by atoms with van der Waals surface area (Å²) in [4.78, 5) is 14.2. The van der Waals surface area contributed by atoms with E-state index in [1.54, 1.807) is 11.3 Å². The van der Waals surface area contributed by atoms with Crippen LogP contribution in [0.4, 0.5) is 22.7 Å². The summed E-state index contributed by atoms with van der Waals surface area (Å²) >= 11 is 1.63. The molecule has 6 rings (SSSR count). The number of nitrogens with zero attached hydrogens (tertiary/aromatic N) is 3. The van der Waals surface area contributed by atoms with Crippen molar-refractivity contribution in [1.82, 2.24) is 20.3 Å². The van der Waals surface area contributed by atoms with Crippen molar-refractivity contribution in [3.8, 4) is 0 Å². The molecule has 1 saturated heterocycles. The summed E-state index contributed by atoms with van der Waals surface area (Å²) in [5.74, 6) is 4.06. The molecule has 3 fully saturated rings. The van der Waals surface area contributed by atoms with Crippen LogP contribution in [0.25, 0.3) is 10.2 Å². The first kappa shape index (κ1) is 18.3. The predicted molar refractivity (Wildman–Crippen MR) is 123 cm³/mol. The van der Waals surface area contributed by atoms with Crippen molar-refractivity contribution in [3.63, 3.8) is 0 Å². The Labute approximate surface area is 180 Å². The Hall–Kier alpha value is -2.45. The molecule has 2 saturated carbocycles. The number of hydrogen-bond acceptors (Lipinski definition) is 8. The number of thiazole rings is 1. The molecule has 2 unspecified atom stereocenters. The Balaban J connectivity index is 1.27. The average molecular weight is 422 g/mol. The third-order valence-electron chi connectivity index (χ3n) is 6.72. The quantitative estimate of drug-likeness (QED) is 0.474. The van der Waals surface area contributed by atoms with Crippen molar-refractivity contribution >= 4 is 44.3 Å². The van der Waals surface area contributed by atoms with Crippen molar-refractivity contribution in [2.75, 3.05) is 29.0 Å². The number of aromatic nitrogens is 3. The van der Waals surface area contributed by atoms with Crippen LogP contribution in [-0.4, -0.2) is 40.1 Å². The minimum atomic E-state index is 0.408. The molecule has 0 spiro atoms. The lowest BCUT2D eigenvalue weighted by molar-refractivity contribution is 0.439. The van der Waals surface area contributed by atoms with Crippen LogP contribution in [0.2, 0.25) is 0 Å². The number of para-hydroxylation sites is 1. The molecule has 3 aromatic rings. The molecular weight excluding hydrogens is 394 g/mol. The molecule has 0 amide bonds. The van der Waals surface area contributed by atoms with Crippen LogP contribution in [-0.2, 0) is 0 Å². The molecular formula is C22H27N7S. The first-order valence-corrected chi connectivity index (χ1v) is 11.9. The van der Waals surface area contributed by atoms with Gasteiger partial charge in [-0.05, 0) is 56.2 Å². The van der Waals surface area contributed by atoms with E-state index in [1.807, 2.05) is 18.2 Å². The summed E-state index contributed by atoms with van der Waals surface area (Å²) in [6, 6.07) is 11.2. The third-order valence-corrected chi connectivity index (χ3v) is 7.67. The molecule has 8 heteroatoms. The second-order valence-corrected chi connectivity index (χ2v) is 9.86. The summed E-state index contributed by atoms with van der Waals surface area (Å²) in [5, 5.41) is 14.9. The zero-order valence-electron chi connectivity index (χ0n) is 16.9. The van der Waals surface area contributed by atoms with E-state index < -0.39 is 0 Å². The van der Waals surface area contributed by atoms with Gasteiger partial charge < -0.3 is 16.0 Å². The highest BCUT2D eigenvalue weighted by Gasteiger charge is 2.39. The van der Waals surface area contributed by atoms with Crippen LogP contribution >= 0.6 is 11.3 Å². The normalized spacial score (nSPS) is 27.6. The van der Waals surface area contributed by atoms with Gasteiger partial charge >= 0.3 is 0 Å². The monoisotopic (exact) mass is 421 g/mol. The number of anilines is 4. The summed E-state index contributed by atoms with van der Waals surface area (Å²) < 4.78 is 1.16. The third kappa shape index (κ3) is 3.70. The lowest BCUT2D eigenvalue weighted by Gasteiger charge is -2.24. The van der Waals surface area contributed by atoms with Gasteiger partial charge in [0.1, 0.15) is 11.6 Å². The number of hydrogen-bond donors (Lipinski definition) is 4. The van der Waals surface area contributed by atoms with E-state index in [-0.39, 0.29) is 0 Å². The maximum absolute atomic E-state index is 4.80. The topological polar surface area (TPSA) is 86.8 Å². The van der Waals surface area contributed by atoms with Gasteiger partial charge in [0.15, 0.2) is 5.13 Å². The Morgan fingerprint density at radius 3 is 2.63 bits per heavy atom. The van der Waals surface area contributed by atoms with Gasteiger partial charge in [-0.1, -0.05) is 29.9 Å². The molecule has 4 N–H and O–H groups in total. The second-order valence-electron chi connectivity index (χ2n) is 8.83. The van der Waals surface area contributed by atoms with Crippen LogP contribution in [0.3, 0.4) is 0 Å². The van der Waals surface area contributed by atoms with Crippen molar-refractivity contribution < 1.29 is 0 Å². The molecule has 156 valence electrons. The SMILES string of the molecule is c1ccc2sc(Nc3nc(NC4C[C@H]5CCC4C5)cc(N[C@@H]4CCNC4)n3)nc2c1. The molecule has 3 heterocycles. The summed E-state index contributed by atoms with van der Waals surface area (Å²) in [6.07, 6.45) is 6.50. The average Bonchev–Trinajstić information content (AvgIpc) is 3.52. The van der Waals surface area contributed by atoms with Gasteiger partial charge in [0.2, 0.25) is 5.95 Å². The Morgan fingerprint density at radius 1 is 0.967 bits per heavy atom. The van der Waals surface area contributed by atoms with Crippen LogP contribution in [0, 0.1) is 11.8 Å². The lowest BCUT2D eigenvalue weighted by atomic mass is 9.95. The van der Waals surface area contributed by atoms with Gasteiger partial charge in [-0.25, -0.2) is 4.98 Å². The standard InChI is InChI=1S/C22H27N7S/c1-2-4-18-16(3-1)26-22(30-18)29-21-27-19(24-15-7-8-23-12-15)11-20(28-21)25-17-10-13-5-6-14(17)9-13/h1-4,11,13-15,17,23H,5-10,12H2,(H3,24,25,26,27,28,29)/t13-,14?,15+,17?/m0/s1. The Morgan fingerprint density at radius 2 is 1.87 bits per heavy atom. The van der Waals surface area contributed by atoms with E-state index in [1.165, 1.54) is 25.7 Å². The zero-order valence-corrected chi connectivity index (χ0v) is 17.7. The van der Waals surface area contributed by atoms with E-state index in [2.05, 4.69) is 38.4 Å². The fourth-order valence-corrected chi connectivity index (χ4v) is 6.13. The Bertz CT molecular complexity index is 1010. The molecule has 1 aliphatic heterocycles. The largest absolute Gasteiger partial charge is 0.367 e. The molecule has 1 aromatic carbocycles. The first-order valence-electron chi connectivity index (χ1n) is 11.0. The summed E-state index contributed by atoms with van der Waals surface area (Å²) in [5.41, 5.74) is 0.997. The molecule has 7 nitrogen and oxygen atoms in total. The highest BCUT2D eigenvalue weighted by Crippen LogP contribution is 2.45. The van der Waals surface area contributed by atoms with Crippen molar-refractivity contribution in [3.05, 3.63) is 30.3 Å². The van der Waals surface area contributed by atoms with Crippen molar-refractivity contribution in [2.45, 2.75) is 44.2 Å². The molecule has 30 heavy (non-hydrogen) atoms. The van der Waals surface area contributed by atoms with Gasteiger partial charge in [-0.3, -0.25) is 5.32 Å². The predicted octanol–water partition coefficient (Wildman–Crippen LogP) is 4.20. The maximum atomic E-state index is 4.80. The van der Waals surface area contributed by atoms with E-state index in [9.17, 15) is 0 Å². The van der Waals surface area contributed by atoms with Crippen LogP contribution < -0.4 is 21.3 Å². The lowest BCUT2D eigenvalue weighted by Crippen LogP contribution is -2.27. The minimum Gasteiger partial charge on any atom is -0.367 e. The van der Waals surface area contributed by atoms with Gasteiger partial charge in [0.05, 0.1) is 10.2 Å². The first-order chi connectivity index (χ1) is 14.8. The minimum absolute atomic E-state index is 0.408. The summed E-state index contributed by atoms with van der Waals surface area (Å²) in [6.45, 7) is 2.02. The highest BCUT2D eigenvalue weighted by molar-refractivity contribution is 7.22. The van der Waals surface area contributed by atoms with E-state index in [0.717, 1.165) is 58.3 Å². The van der Waals surface area contributed by atoms with Crippen LogP contribution in [0.15, 0.2) is 30.3 Å². The van der Waals surface area contributed by atoms with Crippen molar-refractivity contribution in [2.24, 2.45) is 11.8 Å². The molecule has 2 aliphatic carbocycles. The maximum Gasteiger partial charge on any atom is 0.232 e. The highest BCUT2D eigenvalue weighted by atomic mass is 32.1. The van der Waals surface area contributed by atoms with Crippen molar-refractivity contribution in [1.29, 1.82) is 0 Å². The zero-order chi connectivity index (χ0) is 19.9. The molecule has 4 atom stereocenters. The van der Waals surface area contributed by atoms with E-state index in [4.69, 9.17) is 9.97 Å². The fourth-order valence-electron chi connectivity index (χ4n) is 5.27. The number of fused-ring (bicyclic) bond motifs is 3. The molecule has 2 bridgehead atoms. The molecule has 0 radical (unpaired) electrons. The Kier molecular flexibility index (Phi) is 4.68. The molecule has 2 aromatic heterocycles. The van der Waals surface area contributed by atoms with Crippen LogP contribution in [0.1, 0.15) is 32.1 Å². The number of benzene rings is 1. The van der Waals surface area contributed by atoms with Crippen LogP contribution in [0.5, 0.6) is 0 Å².